The van der Waals surface area contributed by atoms with Crippen molar-refractivity contribution in [2.45, 2.75) is 48.6 Å². The number of sulfonamides is 2. The van der Waals surface area contributed by atoms with Crippen molar-refractivity contribution in [1.29, 1.82) is 0 Å². The SMILES string of the molecule is CNS(=O)(=O)c1ccc(N2CC(CC(=O)OC(C)(C)C)C2)cc1.CNS(=O)(=O)c1ccc(N2CC(N)C2)cc1. The smallest absolute Gasteiger partial charge is 0.306 e. The van der Waals surface area contributed by atoms with Crippen LogP contribution in [0.2, 0.25) is 0 Å². The summed E-state index contributed by atoms with van der Waals surface area (Å²) in [6.45, 7) is 8.79. The third-order valence-electron chi connectivity index (χ3n) is 6.30. The van der Waals surface area contributed by atoms with Crippen LogP contribution in [0.1, 0.15) is 27.2 Å². The van der Waals surface area contributed by atoms with E-state index in [0.29, 0.717) is 6.42 Å². The first kappa shape index (κ1) is 30.8. The molecule has 2 aromatic carbocycles. The minimum Gasteiger partial charge on any atom is -0.460 e. The number of benzene rings is 2. The summed E-state index contributed by atoms with van der Waals surface area (Å²) in [4.78, 5) is 16.5. The van der Waals surface area contributed by atoms with Gasteiger partial charge in [0.2, 0.25) is 20.0 Å². The lowest BCUT2D eigenvalue weighted by Gasteiger charge is -2.41. The van der Waals surface area contributed by atoms with Gasteiger partial charge in [-0.2, -0.15) is 0 Å². The molecule has 0 spiro atoms. The molecule has 2 aliphatic heterocycles. The topological polar surface area (TPSA) is 151 Å². The van der Waals surface area contributed by atoms with E-state index >= 15 is 0 Å². The molecule has 0 aromatic heterocycles. The fourth-order valence-electron chi connectivity index (χ4n) is 4.16. The Morgan fingerprint density at radius 1 is 0.821 bits per heavy atom. The Hall–Kier alpha value is -2.71. The monoisotopic (exact) mass is 581 g/mol. The van der Waals surface area contributed by atoms with Gasteiger partial charge >= 0.3 is 5.97 Å². The molecule has 0 amide bonds. The number of hydrogen-bond acceptors (Lipinski definition) is 9. The van der Waals surface area contributed by atoms with Gasteiger partial charge in [-0.15, -0.1) is 0 Å². The van der Waals surface area contributed by atoms with Crippen LogP contribution in [0.25, 0.3) is 0 Å². The van der Waals surface area contributed by atoms with Gasteiger partial charge in [0.1, 0.15) is 5.60 Å². The minimum absolute atomic E-state index is 0.169. The molecule has 2 heterocycles. The van der Waals surface area contributed by atoms with Crippen molar-refractivity contribution in [2.24, 2.45) is 11.7 Å². The summed E-state index contributed by atoms with van der Waals surface area (Å²) < 4.78 is 56.2. The van der Waals surface area contributed by atoms with Gasteiger partial charge in [-0.25, -0.2) is 26.3 Å². The van der Waals surface area contributed by atoms with E-state index in [1.165, 1.54) is 14.1 Å². The van der Waals surface area contributed by atoms with Crippen LogP contribution >= 0.6 is 0 Å². The van der Waals surface area contributed by atoms with Crippen molar-refractivity contribution in [1.82, 2.24) is 9.44 Å². The zero-order valence-corrected chi connectivity index (χ0v) is 24.7. The molecule has 0 unspecified atom stereocenters. The lowest BCUT2D eigenvalue weighted by Crippen LogP contribution is -2.55. The molecule has 2 aromatic rings. The summed E-state index contributed by atoms with van der Waals surface area (Å²) in [5, 5.41) is 0. The highest BCUT2D eigenvalue weighted by Crippen LogP contribution is 2.28. The lowest BCUT2D eigenvalue weighted by atomic mass is 9.95. The predicted octanol–water partition coefficient (Wildman–Crippen LogP) is 1.50. The quantitative estimate of drug-likeness (QED) is 0.394. The second-order valence-electron chi connectivity index (χ2n) is 10.6. The standard InChI is InChI=1S/C16H24N2O4S.C10H15N3O2S/c1-16(2,3)22-15(19)9-12-10-18(11-12)13-5-7-14(8-6-13)23(20,21)17-4;1-12-16(14,15)10-4-2-9(3-5-10)13-6-8(11)7-13/h5-8,12,17H,9-11H2,1-4H3;2-5,8,12H,6-7,11H2,1H3. The van der Waals surface area contributed by atoms with E-state index in [2.05, 4.69) is 19.2 Å². The van der Waals surface area contributed by atoms with Crippen molar-refractivity contribution in [3.05, 3.63) is 48.5 Å². The summed E-state index contributed by atoms with van der Waals surface area (Å²) in [6.07, 6.45) is 0.417. The molecular weight excluding hydrogens is 542 g/mol. The highest BCUT2D eigenvalue weighted by molar-refractivity contribution is 7.89. The van der Waals surface area contributed by atoms with Crippen molar-refractivity contribution in [2.75, 3.05) is 50.1 Å². The predicted molar refractivity (Wildman–Crippen MR) is 152 cm³/mol. The van der Waals surface area contributed by atoms with Crippen molar-refractivity contribution >= 4 is 37.4 Å². The number of carbonyl (C=O) groups excluding carboxylic acids is 1. The number of nitrogens with zero attached hydrogens (tertiary/aromatic N) is 2. The van der Waals surface area contributed by atoms with E-state index in [9.17, 15) is 21.6 Å². The number of hydrogen-bond donors (Lipinski definition) is 3. The minimum atomic E-state index is -3.40. The van der Waals surface area contributed by atoms with Gasteiger partial charge in [-0.1, -0.05) is 0 Å². The summed E-state index contributed by atoms with van der Waals surface area (Å²) in [6, 6.07) is 13.8. The van der Waals surface area contributed by atoms with Crippen molar-refractivity contribution in [3.8, 4) is 0 Å². The van der Waals surface area contributed by atoms with Crippen LogP contribution in [0.5, 0.6) is 0 Å². The van der Waals surface area contributed by atoms with Gasteiger partial charge in [0, 0.05) is 49.5 Å². The first-order valence-corrected chi connectivity index (χ1v) is 15.6. The summed E-state index contributed by atoms with van der Waals surface area (Å²) in [5.74, 6) is 0.114. The highest BCUT2D eigenvalue weighted by atomic mass is 32.2. The Kier molecular flexibility index (Phi) is 9.65. The van der Waals surface area contributed by atoms with Crippen molar-refractivity contribution in [3.63, 3.8) is 0 Å². The molecule has 4 N–H and O–H groups in total. The number of esters is 1. The molecule has 13 heteroatoms. The average molecular weight is 582 g/mol. The molecular formula is C26H39N5O6S2. The molecule has 0 radical (unpaired) electrons. The Morgan fingerprint density at radius 3 is 1.54 bits per heavy atom. The van der Waals surface area contributed by atoms with E-state index in [1.54, 1.807) is 48.5 Å². The normalized spacial score (nSPS) is 16.6. The maximum Gasteiger partial charge on any atom is 0.306 e. The number of ether oxygens (including phenoxy) is 1. The average Bonchev–Trinajstić information content (AvgIpc) is 2.83. The number of anilines is 2. The van der Waals surface area contributed by atoms with Crippen LogP contribution in [0, 0.1) is 5.92 Å². The Morgan fingerprint density at radius 2 is 1.21 bits per heavy atom. The third kappa shape index (κ3) is 8.39. The van der Waals surface area contributed by atoms with Gasteiger partial charge in [0.25, 0.3) is 0 Å². The molecule has 0 bridgehead atoms. The maximum absolute atomic E-state index is 11.8. The zero-order chi connectivity index (χ0) is 29.0. The Labute approximate surface area is 231 Å². The number of nitrogens with two attached hydrogens (primary N) is 1. The van der Waals surface area contributed by atoms with Gasteiger partial charge in [0.05, 0.1) is 16.2 Å². The van der Waals surface area contributed by atoms with Gasteiger partial charge < -0.3 is 20.3 Å². The molecule has 2 saturated heterocycles. The number of nitrogens with one attached hydrogen (secondary N) is 2. The number of carbonyl (C=O) groups is 1. The summed E-state index contributed by atoms with van der Waals surface area (Å²) >= 11 is 0. The molecule has 39 heavy (non-hydrogen) atoms. The van der Waals surface area contributed by atoms with Gasteiger partial charge in [-0.3, -0.25) is 4.79 Å². The van der Waals surface area contributed by atoms with E-state index in [1.807, 2.05) is 20.8 Å². The van der Waals surface area contributed by atoms with Crippen LogP contribution in [0.4, 0.5) is 11.4 Å². The summed E-state index contributed by atoms with van der Waals surface area (Å²) in [7, 11) is -3.95. The fourth-order valence-corrected chi connectivity index (χ4v) is 5.62. The Balaban J connectivity index is 0.000000230. The number of rotatable bonds is 8. The zero-order valence-electron chi connectivity index (χ0n) is 23.0. The molecule has 216 valence electrons. The van der Waals surface area contributed by atoms with Gasteiger partial charge in [-0.05, 0) is 83.4 Å². The Bertz CT molecular complexity index is 1330. The van der Waals surface area contributed by atoms with E-state index in [0.717, 1.165) is 37.6 Å². The van der Waals surface area contributed by atoms with Gasteiger partial charge in [0.15, 0.2) is 0 Å². The lowest BCUT2D eigenvalue weighted by molar-refractivity contribution is -0.156. The van der Waals surface area contributed by atoms with E-state index < -0.39 is 25.6 Å². The van der Waals surface area contributed by atoms with Crippen LogP contribution in [-0.2, 0) is 29.6 Å². The molecule has 4 rings (SSSR count). The van der Waals surface area contributed by atoms with Crippen LogP contribution in [0.3, 0.4) is 0 Å². The van der Waals surface area contributed by atoms with Crippen LogP contribution in [-0.4, -0.2) is 74.7 Å². The van der Waals surface area contributed by atoms with Crippen LogP contribution in [0.15, 0.2) is 58.3 Å². The van der Waals surface area contributed by atoms with E-state index in [-0.39, 0.29) is 27.7 Å². The third-order valence-corrected chi connectivity index (χ3v) is 9.16. The molecule has 11 nitrogen and oxygen atoms in total. The molecule has 0 saturated carbocycles. The van der Waals surface area contributed by atoms with E-state index in [4.69, 9.17) is 10.5 Å². The summed E-state index contributed by atoms with van der Waals surface area (Å²) in [5.41, 5.74) is 7.20. The second-order valence-corrected chi connectivity index (χ2v) is 14.4. The molecule has 2 aliphatic rings. The largest absolute Gasteiger partial charge is 0.460 e. The second kappa shape index (κ2) is 12.2. The van der Waals surface area contributed by atoms with Crippen LogP contribution < -0.4 is 25.0 Å². The molecule has 0 atom stereocenters. The molecule has 2 fully saturated rings. The fraction of sp³-hybridized carbons (Fsp3) is 0.500. The van der Waals surface area contributed by atoms with Crippen molar-refractivity contribution < 1.29 is 26.4 Å². The first-order chi connectivity index (χ1) is 18.1. The maximum atomic E-state index is 11.8. The molecule has 0 aliphatic carbocycles. The highest BCUT2D eigenvalue weighted by Gasteiger charge is 2.31. The first-order valence-electron chi connectivity index (χ1n) is 12.7.